The highest BCUT2D eigenvalue weighted by molar-refractivity contribution is 9.10. The first-order chi connectivity index (χ1) is 12.4. The van der Waals surface area contributed by atoms with E-state index < -0.39 is 11.5 Å². The Balaban J connectivity index is 2.25. The first-order valence-electron chi connectivity index (χ1n) is 7.57. The molecule has 7 nitrogen and oxygen atoms in total. The number of amides is 1. The van der Waals surface area contributed by atoms with Crippen LogP contribution in [0.1, 0.15) is 21.5 Å². The van der Waals surface area contributed by atoms with Crippen molar-refractivity contribution in [2.24, 2.45) is 0 Å². The molecule has 0 saturated carbocycles. The number of pyridine rings is 1. The lowest BCUT2D eigenvalue weighted by molar-refractivity contribution is -0.131. The van der Waals surface area contributed by atoms with E-state index in [1.165, 1.54) is 18.2 Å². The number of hydrogen-bond donors (Lipinski definition) is 0. The lowest BCUT2D eigenvalue weighted by Crippen LogP contribution is -2.34. The van der Waals surface area contributed by atoms with Crippen molar-refractivity contribution in [3.05, 3.63) is 68.0 Å². The number of benzene rings is 1. The molecule has 2 rings (SSSR count). The van der Waals surface area contributed by atoms with Crippen molar-refractivity contribution in [2.75, 3.05) is 14.2 Å². The number of nitrogens with zero attached hydrogens (tertiary/aromatic N) is 3. The summed E-state index contributed by atoms with van der Waals surface area (Å²) < 4.78 is 6.53. The van der Waals surface area contributed by atoms with Crippen molar-refractivity contribution >= 4 is 27.8 Å². The van der Waals surface area contributed by atoms with Crippen molar-refractivity contribution in [3.8, 4) is 6.07 Å². The monoisotopic (exact) mass is 417 g/mol. The van der Waals surface area contributed by atoms with Crippen LogP contribution < -0.4 is 5.56 Å². The number of likely N-dealkylation sites (N-methyl/N-ethyl adjacent to an activating group) is 1. The van der Waals surface area contributed by atoms with Gasteiger partial charge in [-0.1, -0.05) is 34.1 Å². The zero-order valence-corrected chi connectivity index (χ0v) is 15.8. The second kappa shape index (κ2) is 8.45. The van der Waals surface area contributed by atoms with E-state index in [2.05, 4.69) is 20.7 Å². The van der Waals surface area contributed by atoms with E-state index in [1.807, 2.05) is 24.3 Å². The van der Waals surface area contributed by atoms with Crippen LogP contribution in [0.3, 0.4) is 0 Å². The predicted molar refractivity (Wildman–Crippen MR) is 97.4 cm³/mol. The van der Waals surface area contributed by atoms with Gasteiger partial charge >= 0.3 is 5.97 Å². The maximum Gasteiger partial charge on any atom is 0.339 e. The molecule has 0 unspecified atom stereocenters. The van der Waals surface area contributed by atoms with Crippen LogP contribution in [-0.4, -0.2) is 35.5 Å². The largest absolute Gasteiger partial charge is 0.465 e. The van der Waals surface area contributed by atoms with Gasteiger partial charge in [-0.3, -0.25) is 9.59 Å². The summed E-state index contributed by atoms with van der Waals surface area (Å²) in [5.41, 5.74) is 0.0820. The van der Waals surface area contributed by atoms with Gasteiger partial charge in [-0.25, -0.2) is 4.79 Å². The molecule has 0 spiro atoms. The van der Waals surface area contributed by atoms with Crippen LogP contribution in [-0.2, 0) is 22.6 Å². The molecular weight excluding hydrogens is 402 g/mol. The van der Waals surface area contributed by atoms with Gasteiger partial charge in [0.2, 0.25) is 5.91 Å². The van der Waals surface area contributed by atoms with Crippen LogP contribution >= 0.6 is 15.9 Å². The van der Waals surface area contributed by atoms with Gasteiger partial charge in [0.25, 0.3) is 5.56 Å². The van der Waals surface area contributed by atoms with E-state index in [0.717, 1.165) is 20.7 Å². The summed E-state index contributed by atoms with van der Waals surface area (Å²) in [4.78, 5) is 37.9. The van der Waals surface area contributed by atoms with E-state index in [4.69, 9.17) is 5.26 Å². The highest BCUT2D eigenvalue weighted by Crippen LogP contribution is 2.17. The summed E-state index contributed by atoms with van der Waals surface area (Å²) in [6.45, 7) is 0.0517. The summed E-state index contributed by atoms with van der Waals surface area (Å²) in [6.07, 6.45) is 1.22. The molecule has 0 aliphatic heterocycles. The molecule has 1 aromatic heterocycles. The average molecular weight is 418 g/mol. The lowest BCUT2D eigenvalue weighted by atomic mass is 10.2. The van der Waals surface area contributed by atoms with Crippen LogP contribution in [0.5, 0.6) is 0 Å². The molecule has 0 fully saturated rings. The van der Waals surface area contributed by atoms with Gasteiger partial charge in [-0.2, -0.15) is 5.26 Å². The van der Waals surface area contributed by atoms with Gasteiger partial charge in [-0.15, -0.1) is 0 Å². The fourth-order valence-corrected chi connectivity index (χ4v) is 2.71. The summed E-state index contributed by atoms with van der Waals surface area (Å²) in [5, 5.41) is 9.07. The standard InChI is InChI=1S/C18H16BrN3O4/c1-21(9-12-5-3-4-6-15(12)19)16(23)11-22-10-14(18(25)26-2)7-13(8-20)17(22)24/h3-7,10H,9,11H2,1-2H3. The van der Waals surface area contributed by atoms with Gasteiger partial charge in [0.15, 0.2) is 0 Å². The molecule has 0 atom stereocenters. The first kappa shape index (κ1) is 19.4. The SMILES string of the molecule is COC(=O)c1cc(C#N)c(=O)n(CC(=O)N(C)Cc2ccccc2Br)c1. The molecule has 1 aromatic carbocycles. The Bertz CT molecular complexity index is 946. The normalized spacial score (nSPS) is 10.1. The Morgan fingerprint density at radius 3 is 2.65 bits per heavy atom. The minimum absolute atomic E-state index is 0.0323. The molecule has 8 heteroatoms. The predicted octanol–water partition coefficient (Wildman–Crippen LogP) is 1.93. The highest BCUT2D eigenvalue weighted by Gasteiger charge is 2.17. The van der Waals surface area contributed by atoms with Crippen LogP contribution in [0.4, 0.5) is 0 Å². The summed E-state index contributed by atoms with van der Waals surface area (Å²) in [6, 6.07) is 10.4. The number of halogens is 1. The smallest absolute Gasteiger partial charge is 0.339 e. The van der Waals surface area contributed by atoms with E-state index in [0.29, 0.717) is 6.54 Å². The summed E-state index contributed by atoms with van der Waals surface area (Å²) >= 11 is 3.42. The number of aromatic nitrogens is 1. The van der Waals surface area contributed by atoms with Gasteiger partial charge in [-0.05, 0) is 17.7 Å². The van der Waals surface area contributed by atoms with Gasteiger partial charge in [0.05, 0.1) is 12.7 Å². The molecule has 134 valence electrons. The third-order valence-corrected chi connectivity index (χ3v) is 4.50. The number of carbonyl (C=O) groups excluding carboxylic acids is 2. The fraction of sp³-hybridized carbons (Fsp3) is 0.222. The molecule has 0 aliphatic rings. The zero-order chi connectivity index (χ0) is 19.3. The van der Waals surface area contributed by atoms with Crippen LogP contribution in [0, 0.1) is 11.3 Å². The van der Waals surface area contributed by atoms with Crippen molar-refractivity contribution < 1.29 is 14.3 Å². The van der Waals surface area contributed by atoms with Crippen molar-refractivity contribution in [2.45, 2.75) is 13.1 Å². The fourth-order valence-electron chi connectivity index (χ4n) is 2.30. The maximum atomic E-state index is 12.5. The minimum Gasteiger partial charge on any atom is -0.465 e. The average Bonchev–Trinajstić information content (AvgIpc) is 2.64. The molecular formula is C18H16BrN3O4. The molecule has 26 heavy (non-hydrogen) atoms. The van der Waals surface area contributed by atoms with E-state index in [1.54, 1.807) is 13.1 Å². The van der Waals surface area contributed by atoms with Crippen molar-refractivity contribution in [1.29, 1.82) is 5.26 Å². The van der Waals surface area contributed by atoms with Gasteiger partial charge in [0.1, 0.15) is 18.2 Å². The Morgan fingerprint density at radius 1 is 1.35 bits per heavy atom. The molecule has 0 radical (unpaired) electrons. The van der Waals surface area contributed by atoms with Gasteiger partial charge in [0, 0.05) is 24.3 Å². The number of hydrogen-bond acceptors (Lipinski definition) is 5. The second-order valence-electron chi connectivity index (χ2n) is 5.52. The summed E-state index contributed by atoms with van der Waals surface area (Å²) in [5.74, 6) is -1.03. The number of esters is 1. The van der Waals surface area contributed by atoms with Crippen molar-refractivity contribution in [1.82, 2.24) is 9.47 Å². The van der Waals surface area contributed by atoms with Gasteiger partial charge < -0.3 is 14.2 Å². The highest BCUT2D eigenvalue weighted by atomic mass is 79.9. The number of nitriles is 1. The third-order valence-electron chi connectivity index (χ3n) is 3.72. The maximum absolute atomic E-state index is 12.5. The quantitative estimate of drug-likeness (QED) is 0.692. The summed E-state index contributed by atoms with van der Waals surface area (Å²) in [7, 11) is 2.81. The van der Waals surface area contributed by atoms with E-state index in [-0.39, 0.29) is 23.6 Å². The molecule has 0 bridgehead atoms. The zero-order valence-electron chi connectivity index (χ0n) is 14.2. The third kappa shape index (κ3) is 4.37. The molecule has 1 amide bonds. The second-order valence-corrected chi connectivity index (χ2v) is 6.37. The molecule has 2 aromatic rings. The Kier molecular flexibility index (Phi) is 6.31. The first-order valence-corrected chi connectivity index (χ1v) is 8.37. The molecule has 0 saturated heterocycles. The number of rotatable bonds is 5. The van der Waals surface area contributed by atoms with E-state index in [9.17, 15) is 14.4 Å². The number of methoxy groups -OCH3 is 1. The van der Waals surface area contributed by atoms with Crippen LogP contribution in [0.2, 0.25) is 0 Å². The molecule has 1 heterocycles. The number of carbonyl (C=O) groups is 2. The van der Waals surface area contributed by atoms with Crippen molar-refractivity contribution in [3.63, 3.8) is 0 Å². The van der Waals surface area contributed by atoms with Crippen LogP contribution in [0.15, 0.2) is 45.8 Å². The Hall–Kier alpha value is -2.92. The van der Waals surface area contributed by atoms with Crippen LogP contribution in [0.25, 0.3) is 0 Å². The van der Waals surface area contributed by atoms with E-state index >= 15 is 0 Å². The lowest BCUT2D eigenvalue weighted by Gasteiger charge is -2.19. The Labute approximate surface area is 158 Å². The molecule has 0 aliphatic carbocycles. The Morgan fingerprint density at radius 2 is 2.04 bits per heavy atom. The minimum atomic E-state index is -0.690. The number of ether oxygens (including phenoxy) is 1. The molecule has 0 N–H and O–H groups in total. The topological polar surface area (TPSA) is 92.4 Å².